The van der Waals surface area contributed by atoms with Crippen LogP contribution in [0.4, 0.5) is 5.82 Å². The SMILES string of the molecule is CC1CCCCC1N(C)c1ccc([C@@H](C)O)cn1. The maximum absolute atomic E-state index is 9.49. The van der Waals surface area contributed by atoms with Crippen LogP contribution in [-0.2, 0) is 0 Å². The normalized spacial score (nSPS) is 25.8. The zero-order valence-electron chi connectivity index (χ0n) is 11.6. The van der Waals surface area contributed by atoms with Gasteiger partial charge >= 0.3 is 0 Å². The number of pyridine rings is 1. The minimum atomic E-state index is -0.439. The third-order valence-electron chi connectivity index (χ3n) is 4.18. The van der Waals surface area contributed by atoms with Gasteiger partial charge in [0.2, 0.25) is 0 Å². The molecule has 1 fully saturated rings. The number of hydrogen-bond acceptors (Lipinski definition) is 3. The van der Waals surface area contributed by atoms with Crippen molar-refractivity contribution in [2.24, 2.45) is 5.92 Å². The largest absolute Gasteiger partial charge is 0.389 e. The van der Waals surface area contributed by atoms with E-state index in [2.05, 4.69) is 23.9 Å². The molecule has 1 aliphatic carbocycles. The van der Waals surface area contributed by atoms with Gasteiger partial charge in [-0.2, -0.15) is 0 Å². The van der Waals surface area contributed by atoms with Crippen LogP contribution in [-0.4, -0.2) is 23.2 Å². The van der Waals surface area contributed by atoms with Crippen molar-refractivity contribution >= 4 is 5.82 Å². The fourth-order valence-electron chi connectivity index (χ4n) is 2.90. The zero-order valence-corrected chi connectivity index (χ0v) is 11.6. The van der Waals surface area contributed by atoms with Gasteiger partial charge in [-0.15, -0.1) is 0 Å². The average Bonchev–Trinajstić information content (AvgIpc) is 2.38. The minimum absolute atomic E-state index is 0.439. The van der Waals surface area contributed by atoms with Gasteiger partial charge in [-0.25, -0.2) is 4.98 Å². The lowest BCUT2D eigenvalue weighted by Gasteiger charge is -2.37. The summed E-state index contributed by atoms with van der Waals surface area (Å²) in [6, 6.07) is 4.59. The Morgan fingerprint density at radius 2 is 2.06 bits per heavy atom. The Kier molecular flexibility index (Phi) is 4.23. The number of aliphatic hydroxyl groups is 1. The zero-order chi connectivity index (χ0) is 13.1. The first-order chi connectivity index (χ1) is 8.59. The topological polar surface area (TPSA) is 36.4 Å². The molecule has 0 radical (unpaired) electrons. The van der Waals surface area contributed by atoms with Crippen LogP contribution in [0.25, 0.3) is 0 Å². The van der Waals surface area contributed by atoms with Gasteiger partial charge in [0.25, 0.3) is 0 Å². The predicted molar refractivity (Wildman–Crippen MR) is 74.7 cm³/mol. The molecule has 0 aromatic carbocycles. The molecule has 0 aliphatic heterocycles. The summed E-state index contributed by atoms with van der Waals surface area (Å²) in [5.41, 5.74) is 0.879. The summed E-state index contributed by atoms with van der Waals surface area (Å²) in [7, 11) is 2.14. The smallest absolute Gasteiger partial charge is 0.128 e. The van der Waals surface area contributed by atoms with E-state index in [0.717, 1.165) is 17.3 Å². The molecule has 0 spiro atoms. The number of hydrogen-bond donors (Lipinski definition) is 1. The van der Waals surface area contributed by atoms with Crippen molar-refractivity contribution in [2.75, 3.05) is 11.9 Å². The van der Waals surface area contributed by atoms with Crippen molar-refractivity contribution in [3.05, 3.63) is 23.9 Å². The lowest BCUT2D eigenvalue weighted by molar-refractivity contribution is 0.199. The van der Waals surface area contributed by atoms with Crippen LogP contribution >= 0.6 is 0 Å². The summed E-state index contributed by atoms with van der Waals surface area (Å²) in [6.45, 7) is 4.11. The first-order valence-electron chi connectivity index (χ1n) is 6.96. The van der Waals surface area contributed by atoms with E-state index in [4.69, 9.17) is 0 Å². The molecule has 1 aromatic heterocycles. The second kappa shape index (κ2) is 5.70. The lowest BCUT2D eigenvalue weighted by atomic mass is 9.85. The summed E-state index contributed by atoms with van der Waals surface area (Å²) in [5, 5.41) is 9.49. The molecule has 3 nitrogen and oxygen atoms in total. The van der Waals surface area contributed by atoms with Crippen molar-refractivity contribution in [1.82, 2.24) is 4.98 Å². The highest BCUT2D eigenvalue weighted by Gasteiger charge is 2.25. The number of anilines is 1. The molecule has 1 heterocycles. The Morgan fingerprint density at radius 1 is 1.33 bits per heavy atom. The first kappa shape index (κ1) is 13.3. The van der Waals surface area contributed by atoms with E-state index in [0.29, 0.717) is 6.04 Å². The minimum Gasteiger partial charge on any atom is -0.389 e. The highest BCUT2D eigenvalue weighted by Crippen LogP contribution is 2.29. The van der Waals surface area contributed by atoms with Gasteiger partial charge in [-0.1, -0.05) is 25.8 Å². The molecule has 1 aliphatic rings. The van der Waals surface area contributed by atoms with Gasteiger partial charge in [0, 0.05) is 19.3 Å². The molecule has 2 rings (SSSR count). The van der Waals surface area contributed by atoms with E-state index >= 15 is 0 Å². The van der Waals surface area contributed by atoms with Crippen LogP contribution in [0.2, 0.25) is 0 Å². The number of aromatic nitrogens is 1. The quantitative estimate of drug-likeness (QED) is 0.892. The second-order valence-electron chi connectivity index (χ2n) is 5.57. The molecule has 100 valence electrons. The maximum atomic E-state index is 9.49. The van der Waals surface area contributed by atoms with Crippen molar-refractivity contribution < 1.29 is 5.11 Å². The summed E-state index contributed by atoms with van der Waals surface area (Å²) in [5.74, 6) is 1.75. The Balaban J connectivity index is 2.10. The predicted octanol–water partition coefficient (Wildman–Crippen LogP) is 3.15. The third-order valence-corrected chi connectivity index (χ3v) is 4.18. The molecule has 0 bridgehead atoms. The molecule has 0 amide bonds. The van der Waals surface area contributed by atoms with Gasteiger partial charge in [-0.05, 0) is 37.3 Å². The van der Waals surface area contributed by atoms with E-state index in [1.807, 2.05) is 12.1 Å². The third kappa shape index (κ3) is 2.83. The van der Waals surface area contributed by atoms with Crippen LogP contribution in [0.15, 0.2) is 18.3 Å². The van der Waals surface area contributed by atoms with Gasteiger partial charge in [0.1, 0.15) is 5.82 Å². The highest BCUT2D eigenvalue weighted by atomic mass is 16.3. The van der Waals surface area contributed by atoms with Gasteiger partial charge in [0.15, 0.2) is 0 Å². The monoisotopic (exact) mass is 248 g/mol. The number of rotatable bonds is 3. The Hall–Kier alpha value is -1.09. The molecule has 3 atom stereocenters. The molecule has 2 unspecified atom stereocenters. The van der Waals surface area contributed by atoms with Crippen LogP contribution in [0.1, 0.15) is 51.2 Å². The van der Waals surface area contributed by atoms with Crippen molar-refractivity contribution in [3.63, 3.8) is 0 Å². The average molecular weight is 248 g/mol. The van der Waals surface area contributed by atoms with Gasteiger partial charge < -0.3 is 10.0 Å². The van der Waals surface area contributed by atoms with Crippen LogP contribution < -0.4 is 4.90 Å². The Morgan fingerprint density at radius 3 is 2.61 bits per heavy atom. The highest BCUT2D eigenvalue weighted by molar-refractivity contribution is 5.40. The molecule has 1 aromatic rings. The molecule has 3 heteroatoms. The van der Waals surface area contributed by atoms with Crippen molar-refractivity contribution in [3.8, 4) is 0 Å². The van der Waals surface area contributed by atoms with Crippen LogP contribution in [0, 0.1) is 5.92 Å². The van der Waals surface area contributed by atoms with Crippen molar-refractivity contribution in [1.29, 1.82) is 0 Å². The van der Waals surface area contributed by atoms with E-state index in [1.165, 1.54) is 25.7 Å². The number of aliphatic hydroxyl groups excluding tert-OH is 1. The summed E-state index contributed by atoms with van der Waals surface area (Å²) >= 11 is 0. The van der Waals surface area contributed by atoms with E-state index in [-0.39, 0.29) is 0 Å². The second-order valence-corrected chi connectivity index (χ2v) is 5.57. The van der Waals surface area contributed by atoms with Crippen molar-refractivity contribution in [2.45, 2.75) is 51.7 Å². The lowest BCUT2D eigenvalue weighted by Crippen LogP contribution is -2.39. The van der Waals surface area contributed by atoms with E-state index < -0.39 is 6.10 Å². The molecule has 1 saturated carbocycles. The molecular weight excluding hydrogens is 224 g/mol. The summed E-state index contributed by atoms with van der Waals surface area (Å²) in [4.78, 5) is 6.78. The van der Waals surface area contributed by atoms with Gasteiger partial charge in [0.05, 0.1) is 6.10 Å². The van der Waals surface area contributed by atoms with E-state index in [9.17, 15) is 5.11 Å². The molecule has 1 N–H and O–H groups in total. The molecule has 0 saturated heterocycles. The summed E-state index contributed by atoms with van der Waals surface area (Å²) < 4.78 is 0. The fourth-order valence-corrected chi connectivity index (χ4v) is 2.90. The Bertz CT molecular complexity index is 375. The standard InChI is InChI=1S/C15H24N2O/c1-11-6-4-5-7-14(11)17(3)15-9-8-13(10-16-15)12(2)18/h8-12,14,18H,4-7H2,1-3H3/t11?,12-,14?/m1/s1. The van der Waals surface area contributed by atoms with Gasteiger partial charge in [-0.3, -0.25) is 0 Å². The maximum Gasteiger partial charge on any atom is 0.128 e. The molecular formula is C15H24N2O. The van der Waals surface area contributed by atoms with E-state index in [1.54, 1.807) is 13.1 Å². The number of nitrogens with zero attached hydrogens (tertiary/aromatic N) is 2. The fraction of sp³-hybridized carbons (Fsp3) is 0.667. The summed E-state index contributed by atoms with van der Waals surface area (Å²) in [6.07, 6.45) is 6.61. The Labute approximate surface area is 110 Å². The first-order valence-corrected chi connectivity index (χ1v) is 6.96. The molecule has 18 heavy (non-hydrogen) atoms. The van der Waals surface area contributed by atoms with Crippen LogP contribution in [0.3, 0.4) is 0 Å². The van der Waals surface area contributed by atoms with Crippen LogP contribution in [0.5, 0.6) is 0 Å².